The van der Waals surface area contributed by atoms with Crippen LogP contribution in [0.1, 0.15) is 51.0 Å². The summed E-state index contributed by atoms with van der Waals surface area (Å²) in [6.45, 7) is 1.88. The van der Waals surface area contributed by atoms with Crippen LogP contribution in [0.4, 0.5) is 4.79 Å². The maximum Gasteiger partial charge on any atom is 0.344 e. The number of thiocarbonyl (C=S) groups is 1. The fourth-order valence-electron chi connectivity index (χ4n) is 3.60. The highest BCUT2D eigenvalue weighted by Gasteiger charge is 2.51. The average molecular weight is 360 g/mol. The molecule has 1 aromatic carbocycles. The lowest BCUT2D eigenvalue weighted by molar-refractivity contribution is -0.133. The predicted molar refractivity (Wildman–Crippen MR) is 99.5 cm³/mol. The first-order valence-corrected chi connectivity index (χ1v) is 9.27. The monoisotopic (exact) mass is 360 g/mol. The fraction of sp³-hybridized carbons (Fsp3) is 0.500. The first-order valence-electron chi connectivity index (χ1n) is 8.86. The second-order valence-corrected chi connectivity index (χ2v) is 7.02. The highest BCUT2D eigenvalue weighted by Crippen LogP contribution is 2.31. The summed E-state index contributed by atoms with van der Waals surface area (Å²) >= 11 is 5.31. The van der Waals surface area contributed by atoms with Gasteiger partial charge in [-0.3, -0.25) is 10.2 Å². The van der Waals surface area contributed by atoms with Gasteiger partial charge >= 0.3 is 6.03 Å². The second-order valence-electron chi connectivity index (χ2n) is 6.62. The Hall–Kier alpha value is -2.15. The lowest BCUT2D eigenvalue weighted by Gasteiger charge is -2.27. The van der Waals surface area contributed by atoms with Crippen LogP contribution in [0.2, 0.25) is 0 Å². The molecule has 1 heterocycles. The van der Waals surface area contributed by atoms with Crippen LogP contribution in [0.15, 0.2) is 30.3 Å². The molecular weight excluding hydrogens is 336 g/mol. The summed E-state index contributed by atoms with van der Waals surface area (Å²) < 4.78 is 0. The SMILES string of the molecule is CC[C@@]1(c2ccccc2)NC(=O)N(NC(=S)NC2CCCCC2)C1=O. The molecule has 1 saturated heterocycles. The normalized spacial score (nSPS) is 24.1. The van der Waals surface area contributed by atoms with Gasteiger partial charge in [0.15, 0.2) is 5.11 Å². The number of urea groups is 1. The van der Waals surface area contributed by atoms with E-state index in [-0.39, 0.29) is 5.91 Å². The average Bonchev–Trinajstić information content (AvgIpc) is 2.88. The largest absolute Gasteiger partial charge is 0.359 e. The van der Waals surface area contributed by atoms with E-state index in [2.05, 4.69) is 16.1 Å². The van der Waals surface area contributed by atoms with E-state index in [4.69, 9.17) is 12.2 Å². The molecule has 2 fully saturated rings. The maximum atomic E-state index is 13.0. The number of nitrogens with one attached hydrogen (secondary N) is 3. The van der Waals surface area contributed by atoms with Crippen LogP contribution in [0.3, 0.4) is 0 Å². The van der Waals surface area contributed by atoms with Crippen molar-refractivity contribution in [3.8, 4) is 0 Å². The molecule has 0 spiro atoms. The number of rotatable bonds is 4. The van der Waals surface area contributed by atoms with Crippen molar-refractivity contribution in [2.45, 2.75) is 57.0 Å². The maximum absolute atomic E-state index is 13.0. The Kier molecular flexibility index (Phi) is 5.22. The van der Waals surface area contributed by atoms with Gasteiger partial charge in [0.05, 0.1) is 0 Å². The van der Waals surface area contributed by atoms with Crippen molar-refractivity contribution in [2.75, 3.05) is 0 Å². The Bertz CT molecular complexity index is 660. The number of hydrazine groups is 1. The zero-order valence-corrected chi connectivity index (χ0v) is 15.2. The second kappa shape index (κ2) is 7.39. The van der Waals surface area contributed by atoms with E-state index >= 15 is 0 Å². The van der Waals surface area contributed by atoms with Crippen LogP contribution in [-0.2, 0) is 10.3 Å². The van der Waals surface area contributed by atoms with Crippen molar-refractivity contribution in [2.24, 2.45) is 0 Å². The van der Waals surface area contributed by atoms with Gasteiger partial charge < -0.3 is 10.6 Å². The van der Waals surface area contributed by atoms with Gasteiger partial charge in [-0.2, -0.15) is 5.01 Å². The highest BCUT2D eigenvalue weighted by molar-refractivity contribution is 7.80. The molecule has 1 aliphatic carbocycles. The van der Waals surface area contributed by atoms with Crippen LogP contribution < -0.4 is 16.1 Å². The van der Waals surface area contributed by atoms with Gasteiger partial charge in [-0.1, -0.05) is 56.5 Å². The van der Waals surface area contributed by atoms with Crippen LogP contribution >= 0.6 is 12.2 Å². The smallest absolute Gasteiger partial charge is 0.344 e. The van der Waals surface area contributed by atoms with Gasteiger partial charge in [-0.05, 0) is 37.0 Å². The lowest BCUT2D eigenvalue weighted by atomic mass is 9.87. The summed E-state index contributed by atoms with van der Waals surface area (Å²) in [7, 11) is 0. The van der Waals surface area contributed by atoms with Crippen molar-refractivity contribution in [3.63, 3.8) is 0 Å². The van der Waals surface area contributed by atoms with E-state index in [1.54, 1.807) is 0 Å². The molecule has 1 aliphatic heterocycles. The molecule has 3 N–H and O–H groups in total. The Labute approximate surface area is 153 Å². The standard InChI is InChI=1S/C18H24N4O2S/c1-2-18(13-9-5-3-6-10-13)15(23)22(17(24)20-18)21-16(25)19-14-11-7-4-8-12-14/h3,5-6,9-10,14H,2,4,7-8,11-12H2,1H3,(H,20,24)(H2,19,21,25)/t18-/m0/s1. The van der Waals surface area contributed by atoms with Crippen molar-refractivity contribution in [3.05, 3.63) is 35.9 Å². The van der Waals surface area contributed by atoms with Crippen molar-refractivity contribution in [1.82, 2.24) is 21.1 Å². The Morgan fingerprint density at radius 2 is 1.92 bits per heavy atom. The third kappa shape index (κ3) is 3.46. The molecule has 0 bridgehead atoms. The van der Waals surface area contributed by atoms with E-state index in [1.807, 2.05) is 37.3 Å². The minimum Gasteiger partial charge on any atom is -0.359 e. The molecule has 6 nitrogen and oxygen atoms in total. The van der Waals surface area contributed by atoms with E-state index in [0.717, 1.165) is 23.4 Å². The molecule has 0 radical (unpaired) electrons. The predicted octanol–water partition coefficient (Wildman–Crippen LogP) is 2.56. The summed E-state index contributed by atoms with van der Waals surface area (Å²) in [4.78, 5) is 25.4. The van der Waals surface area contributed by atoms with Gasteiger partial charge in [0.1, 0.15) is 5.54 Å². The van der Waals surface area contributed by atoms with Crippen molar-refractivity contribution < 1.29 is 9.59 Å². The van der Waals surface area contributed by atoms with E-state index < -0.39 is 11.6 Å². The summed E-state index contributed by atoms with van der Waals surface area (Å²) in [5.74, 6) is -0.334. The summed E-state index contributed by atoms with van der Waals surface area (Å²) in [5, 5.41) is 7.36. The summed E-state index contributed by atoms with van der Waals surface area (Å²) in [6, 6.07) is 9.12. The summed E-state index contributed by atoms with van der Waals surface area (Å²) in [5.41, 5.74) is 2.50. The third-order valence-corrected chi connectivity index (χ3v) is 5.25. The molecule has 7 heteroatoms. The van der Waals surface area contributed by atoms with Crippen LogP contribution in [0, 0.1) is 0 Å². The summed E-state index contributed by atoms with van der Waals surface area (Å²) in [6.07, 6.45) is 6.19. The number of amides is 3. The minimum atomic E-state index is -1.05. The highest BCUT2D eigenvalue weighted by atomic mass is 32.1. The third-order valence-electron chi connectivity index (χ3n) is 5.04. The number of hydrogen-bond donors (Lipinski definition) is 3. The van der Waals surface area contributed by atoms with Gasteiger partial charge in [0, 0.05) is 6.04 Å². The lowest BCUT2D eigenvalue weighted by Crippen LogP contribution is -2.53. The number of imide groups is 1. The van der Waals surface area contributed by atoms with Gasteiger partial charge in [0.25, 0.3) is 5.91 Å². The molecule has 134 valence electrons. The van der Waals surface area contributed by atoms with Crippen molar-refractivity contribution in [1.29, 1.82) is 0 Å². The Balaban J connectivity index is 1.71. The Morgan fingerprint density at radius 1 is 1.24 bits per heavy atom. The van der Waals surface area contributed by atoms with Crippen LogP contribution in [-0.4, -0.2) is 28.1 Å². The molecule has 0 aromatic heterocycles. The zero-order chi connectivity index (χ0) is 17.9. The quantitative estimate of drug-likeness (QED) is 0.568. The molecule has 3 rings (SSSR count). The molecule has 1 atom stereocenters. The molecule has 3 amide bonds. The number of carbonyl (C=O) groups excluding carboxylic acids is 2. The molecule has 1 aromatic rings. The van der Waals surface area contributed by atoms with Crippen LogP contribution in [0.5, 0.6) is 0 Å². The fourth-order valence-corrected chi connectivity index (χ4v) is 3.86. The Morgan fingerprint density at radius 3 is 2.56 bits per heavy atom. The first-order chi connectivity index (χ1) is 12.1. The molecule has 0 unspecified atom stereocenters. The van der Waals surface area contributed by atoms with Gasteiger partial charge in [-0.25, -0.2) is 4.79 Å². The van der Waals surface area contributed by atoms with E-state index in [9.17, 15) is 9.59 Å². The molecule has 25 heavy (non-hydrogen) atoms. The molecular formula is C18H24N4O2S. The minimum absolute atomic E-state index is 0.305. The zero-order valence-electron chi connectivity index (χ0n) is 14.4. The number of benzene rings is 1. The topological polar surface area (TPSA) is 73.5 Å². The molecule has 1 saturated carbocycles. The van der Waals surface area contributed by atoms with Crippen molar-refractivity contribution >= 4 is 29.3 Å². The number of nitrogens with zero attached hydrogens (tertiary/aromatic N) is 1. The number of carbonyl (C=O) groups is 2. The van der Waals surface area contributed by atoms with Gasteiger partial charge in [0.2, 0.25) is 0 Å². The molecule has 2 aliphatic rings. The van der Waals surface area contributed by atoms with Gasteiger partial charge in [-0.15, -0.1) is 0 Å². The van der Waals surface area contributed by atoms with Crippen LogP contribution in [0.25, 0.3) is 0 Å². The van der Waals surface area contributed by atoms with E-state index in [0.29, 0.717) is 17.6 Å². The number of hydrogen-bond acceptors (Lipinski definition) is 3. The van der Waals surface area contributed by atoms with E-state index in [1.165, 1.54) is 19.3 Å². The first kappa shape index (κ1) is 17.7.